The Labute approximate surface area is 366 Å². The van der Waals surface area contributed by atoms with Gasteiger partial charge in [0.15, 0.2) is 0 Å². The first-order chi connectivity index (χ1) is 29.3. The van der Waals surface area contributed by atoms with Crippen LogP contribution in [0, 0.1) is 33.6 Å². The average Bonchev–Trinajstić information content (AvgIpc) is 3.86. The second kappa shape index (κ2) is 17.2. The summed E-state index contributed by atoms with van der Waals surface area (Å²) in [5.41, 5.74) is 16.1. The number of carbonyl (C=O) groups excluding carboxylic acids is 2. The van der Waals surface area contributed by atoms with Crippen molar-refractivity contribution in [2.24, 2.45) is 28.7 Å². The number of amidine groups is 1. The van der Waals surface area contributed by atoms with E-state index in [-0.39, 0.29) is 36.4 Å². The van der Waals surface area contributed by atoms with Crippen LogP contribution in [0.5, 0.6) is 5.75 Å². The second-order valence-electron chi connectivity index (χ2n) is 16.4. The maximum absolute atomic E-state index is 15.5. The molecule has 15 heteroatoms. The molecular formula is C46H53Cl2N9O4. The summed E-state index contributed by atoms with van der Waals surface area (Å²) in [4.78, 5) is 43.3. The molecule has 3 aliphatic heterocycles. The Morgan fingerprint density at radius 3 is 2.52 bits per heavy atom. The Bertz CT molecular complexity index is 2550. The van der Waals surface area contributed by atoms with Crippen molar-refractivity contribution in [3.63, 3.8) is 0 Å². The van der Waals surface area contributed by atoms with E-state index < -0.39 is 0 Å². The summed E-state index contributed by atoms with van der Waals surface area (Å²) in [7, 11) is 3.57. The molecule has 61 heavy (non-hydrogen) atoms. The quantitative estimate of drug-likeness (QED) is 0.0964. The summed E-state index contributed by atoms with van der Waals surface area (Å²) in [6, 6.07) is 7.52. The van der Waals surface area contributed by atoms with E-state index in [1.165, 1.54) is 6.34 Å². The van der Waals surface area contributed by atoms with Gasteiger partial charge in [0, 0.05) is 90.4 Å². The Balaban J connectivity index is 1.22. The smallest absolute Gasteiger partial charge is 0.275 e. The molecule has 0 radical (unpaired) electrons. The Morgan fingerprint density at radius 1 is 1.10 bits per heavy atom. The number of nitrogens with two attached hydrogens (primary N) is 1. The summed E-state index contributed by atoms with van der Waals surface area (Å²) in [6.07, 6.45) is 10.7. The number of rotatable bonds is 11. The third kappa shape index (κ3) is 7.76. The molecule has 4 aliphatic rings. The van der Waals surface area contributed by atoms with Crippen molar-refractivity contribution in [1.29, 1.82) is 0 Å². The van der Waals surface area contributed by atoms with Gasteiger partial charge in [-0.1, -0.05) is 47.5 Å². The van der Waals surface area contributed by atoms with Crippen LogP contribution in [0.2, 0.25) is 10.0 Å². The SMILES string of the molecule is CN=CN=C(N)C1=CC2C(N3C[C@@H](C)n4c(c(CCCOc5cc(C)c(Cl)c(C)c5)c5ccc(Cl)c(-c6c(C)nn(C)c6C)c54)C3=O)=CN(CC(=O)N3CCOCC3)C2C=C1. The highest BCUT2D eigenvalue weighted by Crippen LogP contribution is 2.46. The van der Waals surface area contributed by atoms with Crippen LogP contribution in [-0.2, 0) is 23.0 Å². The van der Waals surface area contributed by atoms with Gasteiger partial charge in [-0.25, -0.2) is 4.99 Å². The number of aliphatic imine (C=N–C) groups is 2. The average molecular weight is 867 g/mol. The maximum Gasteiger partial charge on any atom is 0.275 e. The van der Waals surface area contributed by atoms with Gasteiger partial charge in [0.05, 0.1) is 48.6 Å². The summed E-state index contributed by atoms with van der Waals surface area (Å²) in [5.74, 6) is 0.689. The zero-order chi connectivity index (χ0) is 43.3. The number of benzene rings is 2. The topological polar surface area (TPSA) is 136 Å². The Kier molecular flexibility index (Phi) is 11.9. The third-order valence-corrected chi connectivity index (χ3v) is 13.3. The molecule has 320 valence electrons. The fourth-order valence-corrected chi connectivity index (χ4v) is 9.73. The van der Waals surface area contributed by atoms with E-state index >= 15 is 4.79 Å². The molecule has 1 fully saturated rings. The predicted octanol–water partition coefficient (Wildman–Crippen LogP) is 7.12. The number of morpholine rings is 1. The molecule has 8 rings (SSSR count). The van der Waals surface area contributed by atoms with Crippen LogP contribution in [0.1, 0.15) is 58.0 Å². The fourth-order valence-electron chi connectivity index (χ4n) is 9.38. The highest BCUT2D eigenvalue weighted by molar-refractivity contribution is 6.35. The molecule has 5 heterocycles. The molecule has 2 unspecified atom stereocenters. The van der Waals surface area contributed by atoms with E-state index in [9.17, 15) is 4.79 Å². The zero-order valence-corrected chi connectivity index (χ0v) is 37.3. The molecule has 0 spiro atoms. The molecule has 2 N–H and O–H groups in total. The molecular weight excluding hydrogens is 813 g/mol. The number of halogens is 2. The van der Waals surface area contributed by atoms with Crippen molar-refractivity contribution < 1.29 is 19.1 Å². The highest BCUT2D eigenvalue weighted by Gasteiger charge is 2.44. The van der Waals surface area contributed by atoms with Crippen LogP contribution in [0.25, 0.3) is 22.0 Å². The van der Waals surface area contributed by atoms with Crippen molar-refractivity contribution in [3.05, 3.63) is 104 Å². The number of nitrogens with zero attached hydrogens (tertiary/aromatic N) is 8. The number of carbonyl (C=O) groups is 2. The fraction of sp³-hybridized carbons (Fsp3) is 0.413. The van der Waals surface area contributed by atoms with Gasteiger partial charge in [0.1, 0.15) is 23.6 Å². The number of aromatic nitrogens is 3. The van der Waals surface area contributed by atoms with Gasteiger partial charge in [-0.2, -0.15) is 5.10 Å². The first-order valence-electron chi connectivity index (χ1n) is 20.8. The van der Waals surface area contributed by atoms with E-state index in [0.29, 0.717) is 68.8 Å². The number of amides is 2. The van der Waals surface area contributed by atoms with Crippen molar-refractivity contribution >= 4 is 58.1 Å². The third-order valence-electron chi connectivity index (χ3n) is 12.4. The number of hydrogen-bond donors (Lipinski definition) is 1. The monoisotopic (exact) mass is 865 g/mol. The first kappa shape index (κ1) is 42.3. The summed E-state index contributed by atoms with van der Waals surface area (Å²) in [6.45, 7) is 13.3. The van der Waals surface area contributed by atoms with Crippen molar-refractivity contribution in [2.45, 2.75) is 59.5 Å². The standard InChI is InChI=1S/C46H53Cl2N9O4/c1-26-19-32(20-27(2)42(26)48)61-16-8-9-33-34-11-12-36(47)41(40-29(4)52-53(7)30(40)5)43(34)57-28(3)22-56(46(59)44(33)57)38-23-55(24-39(58)54-14-17-60-18-15-54)37-13-10-31(21-35(37)38)45(49)51-25-50-6/h10-13,19-21,23,25,28,35,37H,8-9,14-18,22,24H2,1-7H3,(H2,49,50,51)/t28-,35?,37?/m1/s1. The largest absolute Gasteiger partial charge is 0.494 e. The van der Waals surface area contributed by atoms with Gasteiger partial charge < -0.3 is 34.5 Å². The van der Waals surface area contributed by atoms with Crippen molar-refractivity contribution in [1.82, 2.24) is 29.0 Å². The molecule has 0 bridgehead atoms. The summed E-state index contributed by atoms with van der Waals surface area (Å²) < 4.78 is 15.9. The van der Waals surface area contributed by atoms with Gasteiger partial charge in [0.2, 0.25) is 5.91 Å². The molecule has 2 aromatic carbocycles. The first-order valence-corrected chi connectivity index (χ1v) is 21.6. The summed E-state index contributed by atoms with van der Waals surface area (Å²) in [5, 5.41) is 7.06. The lowest BCUT2D eigenvalue weighted by molar-refractivity contribution is -0.136. The maximum atomic E-state index is 15.5. The number of hydrogen-bond acceptors (Lipinski definition) is 7. The van der Waals surface area contributed by atoms with E-state index in [1.54, 1.807) is 7.05 Å². The lowest BCUT2D eigenvalue weighted by Crippen LogP contribution is -2.46. The van der Waals surface area contributed by atoms with Crippen LogP contribution in [-0.4, -0.2) is 112 Å². The van der Waals surface area contributed by atoms with Gasteiger partial charge in [-0.05, 0) is 82.3 Å². The highest BCUT2D eigenvalue weighted by atomic mass is 35.5. The van der Waals surface area contributed by atoms with Crippen molar-refractivity contribution in [3.8, 4) is 16.9 Å². The molecule has 2 aromatic heterocycles. The Morgan fingerprint density at radius 2 is 1.84 bits per heavy atom. The van der Waals surface area contributed by atoms with Gasteiger partial charge in [-0.15, -0.1) is 0 Å². The van der Waals surface area contributed by atoms with Crippen LogP contribution in [0.4, 0.5) is 0 Å². The predicted molar refractivity (Wildman–Crippen MR) is 242 cm³/mol. The molecule has 0 saturated carbocycles. The van der Waals surface area contributed by atoms with E-state index in [4.69, 9.17) is 43.5 Å². The van der Waals surface area contributed by atoms with Gasteiger partial charge in [-0.3, -0.25) is 19.3 Å². The number of ether oxygens (including phenoxy) is 2. The molecule has 2 amide bonds. The van der Waals surface area contributed by atoms with Gasteiger partial charge >= 0.3 is 0 Å². The molecule has 4 aromatic rings. The lowest BCUT2D eigenvalue weighted by atomic mass is 9.89. The van der Waals surface area contributed by atoms with Crippen LogP contribution in [0.3, 0.4) is 0 Å². The molecule has 13 nitrogen and oxygen atoms in total. The van der Waals surface area contributed by atoms with Crippen molar-refractivity contribution in [2.75, 3.05) is 53.0 Å². The minimum Gasteiger partial charge on any atom is -0.494 e. The minimum absolute atomic E-state index is 0.0141. The normalized spacial score (nSPS) is 20.5. The van der Waals surface area contributed by atoms with E-state index in [2.05, 4.69) is 38.5 Å². The molecule has 3 atom stereocenters. The lowest BCUT2D eigenvalue weighted by Gasteiger charge is -2.37. The van der Waals surface area contributed by atoms with E-state index in [0.717, 1.165) is 72.2 Å². The van der Waals surface area contributed by atoms with Crippen LogP contribution < -0.4 is 10.5 Å². The number of fused-ring (bicyclic) bond motifs is 4. The number of aryl methyl sites for hydroxylation is 5. The minimum atomic E-state index is -0.286. The zero-order valence-electron chi connectivity index (χ0n) is 35.8. The van der Waals surface area contributed by atoms with E-state index in [1.807, 2.05) is 85.8 Å². The Hall–Kier alpha value is -5.37. The molecule has 1 saturated heterocycles. The second-order valence-corrected chi connectivity index (χ2v) is 17.2. The van der Waals surface area contributed by atoms with Crippen LogP contribution in [0.15, 0.2) is 69.9 Å². The van der Waals surface area contributed by atoms with Gasteiger partial charge in [0.25, 0.3) is 5.91 Å². The summed E-state index contributed by atoms with van der Waals surface area (Å²) >= 11 is 13.6. The molecule has 1 aliphatic carbocycles. The van der Waals surface area contributed by atoms with Crippen LogP contribution >= 0.6 is 23.2 Å².